The molecule has 4 nitrogen and oxygen atoms in total. The topological polar surface area (TPSA) is 35.6 Å². The number of rotatable bonds is 5. The summed E-state index contributed by atoms with van der Waals surface area (Å²) in [6.07, 6.45) is -4.82. The lowest BCUT2D eigenvalue weighted by atomic mass is 10.1. The van der Waals surface area contributed by atoms with E-state index < -0.39 is 29.3 Å². The van der Waals surface area contributed by atoms with Crippen molar-refractivity contribution in [3.63, 3.8) is 0 Å². The highest BCUT2D eigenvalue weighted by Gasteiger charge is 2.36. The van der Waals surface area contributed by atoms with E-state index >= 15 is 0 Å². The van der Waals surface area contributed by atoms with Gasteiger partial charge >= 0.3 is 12.2 Å². The van der Waals surface area contributed by atoms with Crippen molar-refractivity contribution in [3.05, 3.63) is 65.5 Å². The van der Waals surface area contributed by atoms with Gasteiger partial charge in [0.25, 0.3) is 0 Å². The summed E-state index contributed by atoms with van der Waals surface area (Å²) < 4.78 is 52.6. The van der Waals surface area contributed by atoms with Gasteiger partial charge in [0.05, 0.1) is 17.3 Å². The fourth-order valence-corrected chi connectivity index (χ4v) is 3.31. The summed E-state index contributed by atoms with van der Waals surface area (Å²) in [6.45, 7) is 4.22. The molecule has 2 amide bonds. The average molecular weight is 395 g/mol. The van der Waals surface area contributed by atoms with Crippen LogP contribution in [-0.4, -0.2) is 41.5 Å². The molecule has 1 saturated heterocycles. The summed E-state index contributed by atoms with van der Waals surface area (Å²) in [5, 5.41) is 2.28. The second-order valence-electron chi connectivity index (χ2n) is 6.71. The van der Waals surface area contributed by atoms with E-state index in [1.807, 2.05) is 30.3 Å². The second kappa shape index (κ2) is 8.18. The van der Waals surface area contributed by atoms with Gasteiger partial charge in [0.15, 0.2) is 5.82 Å². The number of nitrogens with one attached hydrogen (secondary N) is 1. The first kappa shape index (κ1) is 20.1. The Morgan fingerprint density at radius 3 is 2.43 bits per heavy atom. The summed E-state index contributed by atoms with van der Waals surface area (Å²) in [5.41, 5.74) is -0.704. The number of likely N-dealkylation sites (N-methyl/N-ethyl adjacent to an activating group) is 1. The van der Waals surface area contributed by atoms with E-state index in [2.05, 4.69) is 10.2 Å². The molecule has 0 atom stereocenters. The first-order chi connectivity index (χ1) is 13.3. The highest BCUT2D eigenvalue weighted by atomic mass is 19.4. The minimum atomic E-state index is -4.82. The van der Waals surface area contributed by atoms with Crippen molar-refractivity contribution in [2.45, 2.75) is 25.7 Å². The van der Waals surface area contributed by atoms with Crippen LogP contribution in [0, 0.1) is 5.82 Å². The smallest absolute Gasteiger partial charge is 0.319 e. The van der Waals surface area contributed by atoms with Crippen LogP contribution in [0.4, 0.5) is 28.0 Å². The van der Waals surface area contributed by atoms with E-state index in [1.54, 1.807) is 6.92 Å². The molecule has 2 aromatic carbocycles. The van der Waals surface area contributed by atoms with Crippen molar-refractivity contribution >= 4 is 11.7 Å². The van der Waals surface area contributed by atoms with Crippen LogP contribution < -0.4 is 5.32 Å². The molecule has 3 rings (SSSR count). The van der Waals surface area contributed by atoms with Crippen molar-refractivity contribution in [1.29, 1.82) is 0 Å². The maximum absolute atomic E-state index is 14.1. The SMILES string of the molecule is CCN(C(=O)Nc1cccc(C(F)(F)F)c1F)C1CN(Cc2ccccc2)C1. The van der Waals surface area contributed by atoms with Crippen molar-refractivity contribution < 1.29 is 22.4 Å². The zero-order valence-corrected chi connectivity index (χ0v) is 15.3. The van der Waals surface area contributed by atoms with Crippen LogP contribution in [0.3, 0.4) is 0 Å². The van der Waals surface area contributed by atoms with Gasteiger partial charge in [0, 0.05) is 26.2 Å². The Bertz CT molecular complexity index is 820. The Labute approximate surface area is 160 Å². The fourth-order valence-electron chi connectivity index (χ4n) is 3.31. The molecular formula is C20H21F4N3O. The summed E-state index contributed by atoms with van der Waals surface area (Å²) >= 11 is 0. The number of hydrogen-bond donors (Lipinski definition) is 1. The van der Waals surface area contributed by atoms with Crippen LogP contribution in [0.5, 0.6) is 0 Å². The molecule has 2 aromatic rings. The van der Waals surface area contributed by atoms with Gasteiger partial charge in [-0.25, -0.2) is 9.18 Å². The van der Waals surface area contributed by atoms with Crippen LogP contribution in [-0.2, 0) is 12.7 Å². The molecule has 0 unspecified atom stereocenters. The van der Waals surface area contributed by atoms with E-state index in [9.17, 15) is 22.4 Å². The Morgan fingerprint density at radius 2 is 1.82 bits per heavy atom. The van der Waals surface area contributed by atoms with Crippen molar-refractivity contribution in [2.24, 2.45) is 0 Å². The molecule has 1 aliphatic rings. The number of likely N-dealkylation sites (tertiary alicyclic amines) is 1. The summed E-state index contributed by atoms with van der Waals surface area (Å²) in [5.74, 6) is -1.47. The van der Waals surface area contributed by atoms with Gasteiger partial charge in [-0.15, -0.1) is 0 Å². The number of nitrogens with zero attached hydrogens (tertiary/aromatic N) is 2. The molecule has 8 heteroatoms. The van der Waals surface area contributed by atoms with Crippen molar-refractivity contribution in [1.82, 2.24) is 9.80 Å². The Morgan fingerprint density at radius 1 is 1.14 bits per heavy atom. The van der Waals surface area contributed by atoms with E-state index in [4.69, 9.17) is 0 Å². The van der Waals surface area contributed by atoms with E-state index in [0.717, 1.165) is 18.7 Å². The number of amides is 2. The maximum atomic E-state index is 14.1. The van der Waals surface area contributed by atoms with Crippen molar-refractivity contribution in [2.75, 3.05) is 25.0 Å². The molecule has 1 N–H and O–H groups in total. The van der Waals surface area contributed by atoms with Gasteiger partial charge in [-0.3, -0.25) is 4.90 Å². The molecule has 1 fully saturated rings. The third-order valence-electron chi connectivity index (χ3n) is 4.77. The highest BCUT2D eigenvalue weighted by molar-refractivity contribution is 5.90. The third kappa shape index (κ3) is 4.44. The largest absolute Gasteiger partial charge is 0.419 e. The Balaban J connectivity index is 1.61. The molecule has 0 radical (unpaired) electrons. The van der Waals surface area contributed by atoms with E-state index in [0.29, 0.717) is 25.7 Å². The quantitative estimate of drug-likeness (QED) is 0.752. The molecule has 0 saturated carbocycles. The number of alkyl halides is 3. The summed E-state index contributed by atoms with van der Waals surface area (Å²) in [6, 6.07) is 12.1. The lowest BCUT2D eigenvalue weighted by Gasteiger charge is -2.45. The predicted octanol–water partition coefficient (Wildman–Crippen LogP) is 4.58. The normalized spacial score (nSPS) is 15.2. The number of carbonyl (C=O) groups excluding carboxylic acids is 1. The lowest BCUT2D eigenvalue weighted by Crippen LogP contribution is -2.60. The second-order valence-corrected chi connectivity index (χ2v) is 6.71. The minimum Gasteiger partial charge on any atom is -0.319 e. The minimum absolute atomic E-state index is 0.0671. The van der Waals surface area contributed by atoms with Crippen LogP contribution in [0.1, 0.15) is 18.1 Å². The van der Waals surface area contributed by atoms with E-state index in [-0.39, 0.29) is 6.04 Å². The monoisotopic (exact) mass is 395 g/mol. The zero-order chi connectivity index (χ0) is 20.3. The van der Waals surface area contributed by atoms with E-state index in [1.165, 1.54) is 10.5 Å². The molecule has 1 aliphatic heterocycles. The van der Waals surface area contributed by atoms with Gasteiger partial charge in [0.1, 0.15) is 0 Å². The molecule has 150 valence electrons. The molecule has 0 bridgehead atoms. The van der Waals surface area contributed by atoms with Gasteiger partial charge in [-0.2, -0.15) is 13.2 Å². The van der Waals surface area contributed by atoms with Gasteiger partial charge in [-0.05, 0) is 24.6 Å². The average Bonchev–Trinajstić information content (AvgIpc) is 2.61. The third-order valence-corrected chi connectivity index (χ3v) is 4.77. The first-order valence-corrected chi connectivity index (χ1v) is 8.99. The fraction of sp³-hybridized carbons (Fsp3) is 0.350. The van der Waals surface area contributed by atoms with Gasteiger partial charge in [-0.1, -0.05) is 36.4 Å². The molecule has 0 aliphatic carbocycles. The predicted molar refractivity (Wildman–Crippen MR) is 98.3 cm³/mol. The Kier molecular flexibility index (Phi) is 5.88. The number of hydrogen-bond acceptors (Lipinski definition) is 2. The van der Waals surface area contributed by atoms with Crippen molar-refractivity contribution in [3.8, 4) is 0 Å². The Hall–Kier alpha value is -2.61. The number of anilines is 1. The summed E-state index contributed by atoms with van der Waals surface area (Å²) in [7, 11) is 0. The highest BCUT2D eigenvalue weighted by Crippen LogP contribution is 2.34. The molecule has 0 spiro atoms. The molecule has 28 heavy (non-hydrogen) atoms. The number of urea groups is 1. The number of carbonyl (C=O) groups is 1. The van der Waals surface area contributed by atoms with Gasteiger partial charge < -0.3 is 10.2 Å². The number of halogens is 4. The van der Waals surface area contributed by atoms with Crippen LogP contribution >= 0.6 is 0 Å². The van der Waals surface area contributed by atoms with Crippen LogP contribution in [0.15, 0.2) is 48.5 Å². The molecule has 1 heterocycles. The van der Waals surface area contributed by atoms with Gasteiger partial charge in [0.2, 0.25) is 0 Å². The summed E-state index contributed by atoms with van der Waals surface area (Å²) in [4.78, 5) is 16.2. The maximum Gasteiger partial charge on any atom is 0.419 e. The molecular weight excluding hydrogens is 374 g/mol. The lowest BCUT2D eigenvalue weighted by molar-refractivity contribution is -0.139. The standard InChI is InChI=1S/C20H21F4N3O/c1-2-27(15-12-26(13-15)11-14-7-4-3-5-8-14)19(28)25-17-10-6-9-16(18(17)21)20(22,23)24/h3-10,15H,2,11-13H2,1H3,(H,25,28). The molecule has 0 aromatic heterocycles. The first-order valence-electron chi connectivity index (χ1n) is 8.99. The van der Waals surface area contributed by atoms with Crippen LogP contribution in [0.25, 0.3) is 0 Å². The number of benzene rings is 2. The zero-order valence-electron chi connectivity index (χ0n) is 15.3. The van der Waals surface area contributed by atoms with Crippen LogP contribution in [0.2, 0.25) is 0 Å².